The highest BCUT2D eigenvalue weighted by Gasteiger charge is 2.35. The van der Waals surface area contributed by atoms with Gasteiger partial charge in [0.1, 0.15) is 17.5 Å². The van der Waals surface area contributed by atoms with Crippen LogP contribution >= 0.6 is 11.3 Å². The lowest BCUT2D eigenvalue weighted by Gasteiger charge is -2.26. The molecular weight excluding hydrogens is 514 g/mol. The Hall–Kier alpha value is -4.37. The number of esters is 1. The van der Waals surface area contributed by atoms with Crippen molar-refractivity contribution in [2.75, 3.05) is 20.8 Å². The highest BCUT2D eigenvalue weighted by Crippen LogP contribution is 2.37. The van der Waals surface area contributed by atoms with Crippen LogP contribution in [0.2, 0.25) is 0 Å². The zero-order valence-corrected chi connectivity index (χ0v) is 23.1. The number of allylic oxidation sites excluding steroid dienone is 2. The minimum Gasteiger partial charge on any atom is -0.497 e. The number of para-hydroxylation sites is 1. The molecule has 1 unspecified atom stereocenters. The number of fused-ring (bicyclic) bond motifs is 2. The number of methoxy groups -OCH3 is 2. The topological polar surface area (TPSA) is 84.0 Å². The summed E-state index contributed by atoms with van der Waals surface area (Å²) in [5, 5.41) is 1.03. The van der Waals surface area contributed by atoms with E-state index in [1.165, 1.54) is 11.3 Å². The summed E-state index contributed by atoms with van der Waals surface area (Å²) in [6.07, 6.45) is 5.74. The number of nitrogens with zero attached hydrogens (tertiary/aromatic N) is 3. The third kappa shape index (κ3) is 4.59. The normalized spacial score (nSPS) is 15.2. The Bertz CT molecular complexity index is 1810. The second kappa shape index (κ2) is 10.8. The molecule has 0 spiro atoms. The zero-order valence-electron chi connectivity index (χ0n) is 22.3. The summed E-state index contributed by atoms with van der Waals surface area (Å²) in [6, 6.07) is 12.6. The predicted octanol–water partition coefficient (Wildman–Crippen LogP) is 3.96. The molecule has 3 heterocycles. The van der Waals surface area contributed by atoms with Crippen LogP contribution in [-0.4, -0.2) is 35.9 Å². The van der Waals surface area contributed by atoms with Crippen LogP contribution in [-0.2, 0) is 16.1 Å². The molecule has 0 amide bonds. The largest absolute Gasteiger partial charge is 0.497 e. The van der Waals surface area contributed by atoms with Gasteiger partial charge in [-0.25, -0.2) is 9.79 Å². The van der Waals surface area contributed by atoms with E-state index in [4.69, 9.17) is 14.2 Å². The molecule has 0 fully saturated rings. The highest BCUT2D eigenvalue weighted by molar-refractivity contribution is 7.07. The van der Waals surface area contributed by atoms with Gasteiger partial charge in [-0.1, -0.05) is 35.6 Å². The summed E-state index contributed by atoms with van der Waals surface area (Å²) in [5.41, 5.74) is 3.13. The average Bonchev–Trinajstić information content (AvgIpc) is 3.44. The van der Waals surface area contributed by atoms with Gasteiger partial charge in [0.2, 0.25) is 0 Å². The number of ether oxygens (including phenoxy) is 3. The molecule has 0 saturated carbocycles. The minimum atomic E-state index is -0.787. The molecular formula is C30H29N3O5S. The van der Waals surface area contributed by atoms with Crippen LogP contribution in [0.1, 0.15) is 31.0 Å². The third-order valence-corrected chi connectivity index (χ3v) is 7.67. The fourth-order valence-corrected chi connectivity index (χ4v) is 5.99. The van der Waals surface area contributed by atoms with E-state index >= 15 is 0 Å². The Morgan fingerprint density at radius 2 is 1.97 bits per heavy atom. The molecule has 1 aliphatic heterocycles. The number of hydrogen-bond donors (Lipinski definition) is 0. The molecule has 200 valence electrons. The molecule has 0 radical (unpaired) electrons. The quantitative estimate of drug-likeness (QED) is 0.248. The molecule has 39 heavy (non-hydrogen) atoms. The zero-order chi connectivity index (χ0) is 27.7. The van der Waals surface area contributed by atoms with Crippen molar-refractivity contribution in [1.29, 1.82) is 0 Å². The molecule has 1 aliphatic rings. The number of aromatic nitrogens is 2. The summed E-state index contributed by atoms with van der Waals surface area (Å²) in [5.74, 6) is 0.554. The van der Waals surface area contributed by atoms with Crippen LogP contribution in [0.25, 0.3) is 17.0 Å². The maximum atomic E-state index is 14.0. The Labute approximate surface area is 229 Å². The van der Waals surface area contributed by atoms with Crippen LogP contribution in [0.3, 0.4) is 0 Å². The van der Waals surface area contributed by atoms with E-state index in [-0.39, 0.29) is 12.2 Å². The van der Waals surface area contributed by atoms with E-state index in [0.29, 0.717) is 44.2 Å². The van der Waals surface area contributed by atoms with Crippen molar-refractivity contribution in [3.8, 4) is 11.5 Å². The monoisotopic (exact) mass is 543 g/mol. The summed E-state index contributed by atoms with van der Waals surface area (Å²) >= 11 is 1.29. The van der Waals surface area contributed by atoms with E-state index < -0.39 is 12.0 Å². The molecule has 9 heteroatoms. The van der Waals surface area contributed by atoms with Crippen molar-refractivity contribution in [2.45, 2.75) is 26.4 Å². The summed E-state index contributed by atoms with van der Waals surface area (Å²) in [6.45, 7) is 8.21. The lowest BCUT2D eigenvalue weighted by molar-refractivity contribution is -0.139. The van der Waals surface area contributed by atoms with Gasteiger partial charge in [0, 0.05) is 40.8 Å². The van der Waals surface area contributed by atoms with Gasteiger partial charge in [0.25, 0.3) is 5.56 Å². The first-order valence-electron chi connectivity index (χ1n) is 12.5. The molecule has 2 aromatic heterocycles. The Balaban J connectivity index is 1.77. The van der Waals surface area contributed by atoms with Gasteiger partial charge in [-0.15, -0.1) is 6.58 Å². The number of carbonyl (C=O) groups is 1. The Morgan fingerprint density at radius 1 is 1.18 bits per heavy atom. The maximum Gasteiger partial charge on any atom is 0.338 e. The number of thiazole rings is 1. The van der Waals surface area contributed by atoms with Crippen molar-refractivity contribution in [2.24, 2.45) is 4.99 Å². The van der Waals surface area contributed by atoms with Gasteiger partial charge in [0.05, 0.1) is 36.6 Å². The van der Waals surface area contributed by atoms with Gasteiger partial charge in [0.15, 0.2) is 4.80 Å². The van der Waals surface area contributed by atoms with E-state index in [1.54, 1.807) is 50.8 Å². The first-order valence-corrected chi connectivity index (χ1v) is 13.3. The highest BCUT2D eigenvalue weighted by atomic mass is 32.1. The summed E-state index contributed by atoms with van der Waals surface area (Å²) < 4.78 is 20.6. The summed E-state index contributed by atoms with van der Waals surface area (Å²) in [7, 11) is 3.11. The van der Waals surface area contributed by atoms with Gasteiger partial charge >= 0.3 is 5.97 Å². The molecule has 8 nitrogen and oxygen atoms in total. The van der Waals surface area contributed by atoms with Crippen LogP contribution in [0.4, 0.5) is 0 Å². The van der Waals surface area contributed by atoms with Gasteiger partial charge in [-0.2, -0.15) is 0 Å². The van der Waals surface area contributed by atoms with Crippen molar-refractivity contribution in [1.82, 2.24) is 9.13 Å². The maximum absolute atomic E-state index is 14.0. The molecule has 5 rings (SSSR count). The SMILES string of the molecule is C=CCn1cc(/C=c2/sc3n(c2=O)C(c2ccc(OC)cc2OC)C(C(=O)OCC)=C(C)N=3)c2ccccc21. The van der Waals surface area contributed by atoms with Gasteiger partial charge in [-0.3, -0.25) is 9.36 Å². The van der Waals surface area contributed by atoms with Gasteiger partial charge in [-0.05, 0) is 38.1 Å². The van der Waals surface area contributed by atoms with E-state index in [0.717, 1.165) is 16.5 Å². The van der Waals surface area contributed by atoms with Gasteiger partial charge < -0.3 is 18.8 Å². The van der Waals surface area contributed by atoms with Crippen LogP contribution in [0.5, 0.6) is 11.5 Å². The lowest BCUT2D eigenvalue weighted by Crippen LogP contribution is -2.40. The minimum absolute atomic E-state index is 0.196. The number of hydrogen-bond acceptors (Lipinski definition) is 7. The number of benzene rings is 2. The third-order valence-electron chi connectivity index (χ3n) is 6.68. The van der Waals surface area contributed by atoms with Crippen molar-refractivity contribution in [3.63, 3.8) is 0 Å². The average molecular weight is 544 g/mol. The second-order valence-electron chi connectivity index (χ2n) is 8.95. The summed E-state index contributed by atoms with van der Waals surface area (Å²) in [4.78, 5) is 32.4. The Morgan fingerprint density at radius 3 is 2.69 bits per heavy atom. The van der Waals surface area contributed by atoms with Crippen molar-refractivity contribution < 1.29 is 19.0 Å². The molecule has 4 aromatic rings. The molecule has 0 saturated heterocycles. The fourth-order valence-electron chi connectivity index (χ4n) is 4.95. The molecule has 0 aliphatic carbocycles. The molecule has 2 aromatic carbocycles. The van der Waals surface area contributed by atoms with E-state index in [9.17, 15) is 9.59 Å². The van der Waals surface area contributed by atoms with E-state index in [1.807, 2.05) is 42.6 Å². The first kappa shape index (κ1) is 26.2. The van der Waals surface area contributed by atoms with Crippen LogP contribution < -0.4 is 24.4 Å². The van der Waals surface area contributed by atoms with E-state index in [2.05, 4.69) is 16.1 Å². The van der Waals surface area contributed by atoms with Crippen LogP contribution in [0.15, 0.2) is 82.4 Å². The number of carbonyl (C=O) groups excluding carboxylic acids is 1. The first-order chi connectivity index (χ1) is 18.9. The lowest BCUT2D eigenvalue weighted by atomic mass is 9.95. The van der Waals surface area contributed by atoms with Crippen LogP contribution in [0, 0.1) is 0 Å². The molecule has 0 bridgehead atoms. The molecule has 1 atom stereocenters. The Kier molecular flexibility index (Phi) is 7.26. The smallest absolute Gasteiger partial charge is 0.338 e. The predicted molar refractivity (Wildman–Crippen MR) is 152 cm³/mol. The fraction of sp³-hybridized carbons (Fsp3) is 0.233. The standard InChI is InChI=1S/C30H29N3O5S/c1-6-14-32-17-19(21-10-8-9-11-23(21)32)15-25-28(34)33-27(22-13-12-20(36-4)16-24(22)37-5)26(29(35)38-7-2)18(3)31-30(33)39-25/h6,8-13,15-17,27H,1,7,14H2,2-5H3/b25-15+. The van der Waals surface area contributed by atoms with Crippen molar-refractivity contribution >= 4 is 34.3 Å². The second-order valence-corrected chi connectivity index (χ2v) is 9.96. The number of rotatable bonds is 8. The molecule has 0 N–H and O–H groups in total. The van der Waals surface area contributed by atoms with Crippen molar-refractivity contribution in [3.05, 3.63) is 103 Å².